The van der Waals surface area contributed by atoms with Crippen LogP contribution in [0.4, 0.5) is 4.79 Å². The van der Waals surface area contributed by atoms with Gasteiger partial charge in [-0.25, -0.2) is 0 Å². The Balaban J connectivity index is 1.49. The molecule has 3 aromatic carbocycles. The Bertz CT molecular complexity index is 1270. The van der Waals surface area contributed by atoms with Crippen LogP contribution in [0.15, 0.2) is 89.8 Å². The Morgan fingerprint density at radius 3 is 2.56 bits per heavy atom. The predicted octanol–water partition coefficient (Wildman–Crippen LogP) is 4.84. The first-order valence-corrected chi connectivity index (χ1v) is 11.1. The first-order valence-electron chi connectivity index (χ1n) is 10.2. The third-order valence-electron chi connectivity index (χ3n) is 5.76. The maximum absolute atomic E-state index is 12.6. The minimum Gasteiger partial charge on any atom is -0.508 e. The Hall–Kier alpha value is -3.68. The van der Waals surface area contributed by atoms with Gasteiger partial charge in [-0.05, 0) is 53.2 Å². The molecule has 0 aromatic heterocycles. The lowest BCUT2D eigenvalue weighted by molar-refractivity contribution is -0.107. The zero-order valence-corrected chi connectivity index (χ0v) is 17.7. The molecule has 0 saturated carbocycles. The number of nitrogens with one attached hydrogen (secondary N) is 2. The summed E-state index contributed by atoms with van der Waals surface area (Å²) in [6.45, 7) is 0. The third kappa shape index (κ3) is 2.97. The van der Waals surface area contributed by atoms with Crippen LogP contribution in [-0.2, 0) is 0 Å². The van der Waals surface area contributed by atoms with Crippen LogP contribution >= 0.6 is 11.8 Å². The van der Waals surface area contributed by atoms with Crippen molar-refractivity contribution in [3.05, 3.63) is 107 Å². The molecule has 1 saturated heterocycles. The van der Waals surface area contributed by atoms with Crippen LogP contribution < -0.4 is 15.5 Å². The number of phenolic OH excluding ortho intramolecular Hbond substituents is 1. The van der Waals surface area contributed by atoms with Crippen LogP contribution in [0, 0.1) is 0 Å². The normalized spacial score (nSPS) is 25.0. The van der Waals surface area contributed by atoms with Gasteiger partial charge < -0.3 is 15.3 Å². The van der Waals surface area contributed by atoms with Crippen LogP contribution in [0.5, 0.6) is 11.5 Å². The van der Waals surface area contributed by atoms with E-state index in [9.17, 15) is 9.90 Å². The Morgan fingerprint density at radius 1 is 1.00 bits per heavy atom. The largest absolute Gasteiger partial charge is 0.508 e. The van der Waals surface area contributed by atoms with Gasteiger partial charge in [-0.2, -0.15) is 0 Å². The molecule has 0 radical (unpaired) electrons. The molecule has 7 heteroatoms. The second-order valence-electron chi connectivity index (χ2n) is 7.77. The number of benzene rings is 3. The van der Waals surface area contributed by atoms with E-state index in [0.29, 0.717) is 4.91 Å². The van der Waals surface area contributed by atoms with Crippen LogP contribution in [0.2, 0.25) is 0 Å². The predicted molar refractivity (Wildman–Crippen MR) is 124 cm³/mol. The van der Waals surface area contributed by atoms with E-state index in [1.807, 2.05) is 65.7 Å². The summed E-state index contributed by atoms with van der Waals surface area (Å²) in [6.07, 6.45) is 4.07. The van der Waals surface area contributed by atoms with Gasteiger partial charge in [-0.15, -0.1) is 5.01 Å². The van der Waals surface area contributed by atoms with Crippen molar-refractivity contribution in [2.75, 3.05) is 0 Å². The minimum absolute atomic E-state index is 0.141. The van der Waals surface area contributed by atoms with Gasteiger partial charge in [0.1, 0.15) is 11.5 Å². The van der Waals surface area contributed by atoms with E-state index in [1.165, 1.54) is 0 Å². The Kier molecular flexibility index (Phi) is 4.28. The van der Waals surface area contributed by atoms with Gasteiger partial charge in [0, 0.05) is 5.56 Å². The fourth-order valence-electron chi connectivity index (χ4n) is 4.28. The van der Waals surface area contributed by atoms with Gasteiger partial charge in [0.25, 0.3) is 11.1 Å². The molecule has 158 valence electrons. The van der Waals surface area contributed by atoms with Crippen molar-refractivity contribution in [1.29, 1.82) is 0 Å². The molecular formula is C25H19N3O3S. The Labute approximate surface area is 189 Å². The number of hydrogen-bond donors (Lipinski definition) is 3. The zero-order chi connectivity index (χ0) is 21.7. The third-order valence-corrected chi connectivity index (χ3v) is 6.66. The average Bonchev–Trinajstić information content (AvgIpc) is 3.39. The van der Waals surface area contributed by atoms with E-state index in [4.69, 9.17) is 4.74 Å². The molecule has 3 N–H and O–H groups in total. The summed E-state index contributed by atoms with van der Waals surface area (Å²) < 4.78 is 6.52. The summed E-state index contributed by atoms with van der Waals surface area (Å²) in [4.78, 5) is 13.4. The quantitative estimate of drug-likeness (QED) is 0.529. The molecule has 3 aliphatic rings. The van der Waals surface area contributed by atoms with Crippen molar-refractivity contribution in [1.82, 2.24) is 15.8 Å². The van der Waals surface area contributed by atoms with E-state index >= 15 is 0 Å². The minimum atomic E-state index is -1.20. The van der Waals surface area contributed by atoms with Gasteiger partial charge in [-0.1, -0.05) is 60.7 Å². The highest BCUT2D eigenvalue weighted by Crippen LogP contribution is 2.51. The second kappa shape index (κ2) is 7.19. The summed E-state index contributed by atoms with van der Waals surface area (Å²) in [5.41, 5.74) is 7.37. The molecule has 6 rings (SSSR count). The highest BCUT2D eigenvalue weighted by molar-refractivity contribution is 8.17. The topological polar surface area (TPSA) is 73.8 Å². The number of aromatic hydroxyl groups is 1. The first-order chi connectivity index (χ1) is 15.6. The summed E-state index contributed by atoms with van der Waals surface area (Å²) in [6, 6.07) is 24.7. The standard InChI is InChI=1S/C25H19N3O3S/c29-18-12-10-16(11-13-18)14-23-25(26-24(30)32-23)28-21(19-8-4-5-9-22(19)31-25)15-20(27-28)17-6-2-1-3-7-17/h1-15,21,27,29H,(H,26,30). The van der Waals surface area contributed by atoms with E-state index in [1.54, 1.807) is 24.3 Å². The fourth-order valence-corrected chi connectivity index (χ4v) is 5.19. The maximum atomic E-state index is 12.6. The monoisotopic (exact) mass is 441 g/mol. The number of rotatable bonds is 2. The highest BCUT2D eigenvalue weighted by Gasteiger charge is 2.58. The molecule has 6 nitrogen and oxygen atoms in total. The molecule has 2 unspecified atom stereocenters. The molecule has 3 heterocycles. The van der Waals surface area contributed by atoms with Crippen LogP contribution in [0.3, 0.4) is 0 Å². The number of thioether (sulfide) groups is 1. The summed E-state index contributed by atoms with van der Waals surface area (Å²) in [7, 11) is 0. The van der Waals surface area contributed by atoms with Gasteiger partial charge in [0.2, 0.25) is 0 Å². The lowest BCUT2D eigenvalue weighted by Crippen LogP contribution is -2.66. The number of hydrogen-bond acceptors (Lipinski definition) is 6. The molecular weight excluding hydrogens is 422 g/mol. The lowest BCUT2D eigenvalue weighted by Gasteiger charge is -2.45. The summed E-state index contributed by atoms with van der Waals surface area (Å²) in [5.74, 6) is -0.289. The van der Waals surface area contributed by atoms with Gasteiger partial charge >= 0.3 is 0 Å². The summed E-state index contributed by atoms with van der Waals surface area (Å²) >= 11 is 1.11. The number of ether oxygens (including phenoxy) is 1. The van der Waals surface area contributed by atoms with E-state index in [0.717, 1.165) is 39.9 Å². The number of carbonyl (C=O) groups is 1. The SMILES string of the molecule is O=C1NC2(Oc3ccccc3C3C=C(c4ccccc4)NN32)C(=Cc2ccc(O)cc2)S1. The fraction of sp³-hybridized carbons (Fsp3) is 0.0800. The van der Waals surface area contributed by atoms with E-state index < -0.39 is 5.85 Å². The molecule has 2 atom stereocenters. The van der Waals surface area contributed by atoms with Crippen LogP contribution in [0.1, 0.15) is 22.7 Å². The molecule has 0 bridgehead atoms. The molecule has 1 fully saturated rings. The highest BCUT2D eigenvalue weighted by atomic mass is 32.2. The number of nitrogens with zero attached hydrogens (tertiary/aromatic N) is 1. The molecule has 1 spiro atoms. The molecule has 32 heavy (non-hydrogen) atoms. The van der Waals surface area contributed by atoms with Crippen molar-refractivity contribution in [3.63, 3.8) is 0 Å². The molecule has 1 amide bonds. The van der Waals surface area contributed by atoms with E-state index in [-0.39, 0.29) is 17.0 Å². The maximum Gasteiger partial charge on any atom is 0.294 e. The van der Waals surface area contributed by atoms with Crippen LogP contribution in [-0.4, -0.2) is 21.2 Å². The number of hydrazine groups is 1. The summed E-state index contributed by atoms with van der Waals surface area (Å²) in [5, 5.41) is 14.4. The number of carbonyl (C=O) groups excluding carboxylic acids is 1. The molecule has 0 aliphatic carbocycles. The molecule has 3 aliphatic heterocycles. The number of fused-ring (bicyclic) bond motifs is 4. The number of amides is 1. The first kappa shape index (κ1) is 19.0. The van der Waals surface area contributed by atoms with Gasteiger partial charge in [0.15, 0.2) is 0 Å². The van der Waals surface area contributed by atoms with Gasteiger partial charge in [-0.3, -0.25) is 10.1 Å². The second-order valence-corrected chi connectivity index (χ2v) is 8.79. The van der Waals surface area contributed by atoms with Crippen LogP contribution in [0.25, 0.3) is 11.8 Å². The molecule has 3 aromatic rings. The lowest BCUT2D eigenvalue weighted by atomic mass is 10.0. The Morgan fingerprint density at radius 2 is 1.75 bits per heavy atom. The number of phenols is 1. The average molecular weight is 442 g/mol. The number of para-hydroxylation sites is 1. The smallest absolute Gasteiger partial charge is 0.294 e. The van der Waals surface area contributed by atoms with Gasteiger partial charge in [0.05, 0.1) is 16.6 Å². The van der Waals surface area contributed by atoms with E-state index in [2.05, 4.69) is 16.8 Å². The van der Waals surface area contributed by atoms with Crippen molar-refractivity contribution in [2.45, 2.75) is 11.9 Å². The van der Waals surface area contributed by atoms with Crippen molar-refractivity contribution >= 4 is 28.8 Å². The van der Waals surface area contributed by atoms with Crippen molar-refractivity contribution in [3.8, 4) is 11.5 Å². The van der Waals surface area contributed by atoms with Crippen molar-refractivity contribution in [2.24, 2.45) is 0 Å². The zero-order valence-electron chi connectivity index (χ0n) is 16.9. The van der Waals surface area contributed by atoms with Crippen molar-refractivity contribution < 1.29 is 14.6 Å².